The van der Waals surface area contributed by atoms with Crippen LogP contribution >= 0.6 is 0 Å². The Hall–Kier alpha value is -4.48. The number of phenols is 3. The first-order valence-corrected chi connectivity index (χ1v) is 20.1. The number of carbonyl (C=O) groups is 2. The van der Waals surface area contributed by atoms with Crippen LogP contribution in [0.2, 0.25) is 0 Å². The van der Waals surface area contributed by atoms with Crippen LogP contribution in [0.3, 0.4) is 0 Å². The molecule has 61 heavy (non-hydrogen) atoms. The highest BCUT2D eigenvalue weighted by molar-refractivity contribution is 6.01. The molecule has 1 saturated heterocycles. The van der Waals surface area contributed by atoms with Crippen LogP contribution in [0.1, 0.15) is 54.7 Å². The molecule has 0 saturated carbocycles. The van der Waals surface area contributed by atoms with Gasteiger partial charge in [-0.3, -0.25) is 14.3 Å². The molecule has 1 aliphatic heterocycles. The van der Waals surface area contributed by atoms with E-state index in [1.54, 1.807) is 19.2 Å². The molecule has 2 heterocycles. The fourth-order valence-electron chi connectivity index (χ4n) is 5.55. The molecule has 1 amide bonds. The number of amides is 1. The van der Waals surface area contributed by atoms with E-state index >= 15 is 0 Å². The Kier molecular flexibility index (Phi) is 23.5. The molecule has 1 aliphatic rings. The van der Waals surface area contributed by atoms with Crippen molar-refractivity contribution in [2.24, 2.45) is 5.92 Å². The van der Waals surface area contributed by atoms with Gasteiger partial charge in [-0.25, -0.2) is 0 Å². The number of aryl methyl sites for hydroxylation is 2. The number of aromatic nitrogens is 3. The quantitative estimate of drug-likeness (QED) is 0.0389. The van der Waals surface area contributed by atoms with Crippen LogP contribution in [-0.2, 0) is 52.8 Å². The number of benzene rings is 2. The first-order chi connectivity index (χ1) is 29.3. The van der Waals surface area contributed by atoms with Crippen LogP contribution in [0.25, 0.3) is 0 Å². The van der Waals surface area contributed by atoms with Gasteiger partial charge in [0, 0.05) is 38.6 Å². The smallest absolute Gasteiger partial charge is 0.229 e. The highest BCUT2D eigenvalue weighted by Gasteiger charge is 2.45. The van der Waals surface area contributed by atoms with Crippen molar-refractivity contribution >= 4 is 11.7 Å². The van der Waals surface area contributed by atoms with E-state index in [1.165, 1.54) is 12.1 Å². The molecule has 0 spiro atoms. The zero-order valence-corrected chi connectivity index (χ0v) is 35.0. The fraction of sp³-hybridized carbons (Fsp3) is 0.610. The zero-order chi connectivity index (χ0) is 44.6. The van der Waals surface area contributed by atoms with Crippen LogP contribution in [-0.4, -0.2) is 166 Å². The van der Waals surface area contributed by atoms with Gasteiger partial charge in [0.15, 0.2) is 5.78 Å². The number of hydrogen-bond acceptors (Lipinski definition) is 18. The number of aliphatic hydroxyl groups excluding tert-OH is 4. The minimum absolute atomic E-state index is 0.0281. The van der Waals surface area contributed by atoms with Crippen molar-refractivity contribution in [3.63, 3.8) is 0 Å². The molecule has 1 fully saturated rings. The third-order valence-electron chi connectivity index (χ3n) is 9.03. The average Bonchev–Trinajstić information content (AvgIpc) is 3.70. The number of nitrogens with one attached hydrogen (secondary N) is 1. The van der Waals surface area contributed by atoms with Crippen LogP contribution in [0.15, 0.2) is 42.6 Å². The van der Waals surface area contributed by atoms with Gasteiger partial charge in [0.1, 0.15) is 58.7 Å². The lowest BCUT2D eigenvalue weighted by molar-refractivity contribution is -0.277. The summed E-state index contributed by atoms with van der Waals surface area (Å²) in [7, 11) is 1.61. The normalized spacial score (nSPS) is 18.7. The maximum absolute atomic E-state index is 12.8. The van der Waals surface area contributed by atoms with Crippen molar-refractivity contribution < 1.29 is 78.5 Å². The molecular formula is C41H62N4O16. The van der Waals surface area contributed by atoms with E-state index in [0.717, 1.165) is 36.4 Å². The number of hydrogen-bond donors (Lipinski definition) is 8. The van der Waals surface area contributed by atoms with Crippen molar-refractivity contribution in [1.82, 2.24) is 20.3 Å². The maximum atomic E-state index is 12.8. The SMILES string of the molecule is CNC(=O)CCOCCOCCOCCOCCOCc1cn(CCC(C)C)nn1.O=C(CCc1ccc(O)cc1)c1c(O)cc(O)cc1O[C@@H]1O[C@H](CO)[C@@H](O)[C@H](O)[C@H]1O. The second-order valence-corrected chi connectivity index (χ2v) is 14.3. The molecule has 2 aromatic carbocycles. The fourth-order valence-corrected chi connectivity index (χ4v) is 5.55. The van der Waals surface area contributed by atoms with E-state index in [4.69, 9.17) is 33.2 Å². The minimum Gasteiger partial charge on any atom is -0.508 e. The Morgan fingerprint density at radius 3 is 2.00 bits per heavy atom. The molecule has 0 radical (unpaired) electrons. The largest absolute Gasteiger partial charge is 0.508 e. The molecule has 0 aliphatic carbocycles. The van der Waals surface area contributed by atoms with Gasteiger partial charge in [-0.2, -0.15) is 0 Å². The Bertz CT molecular complexity index is 1690. The van der Waals surface area contributed by atoms with Gasteiger partial charge in [-0.05, 0) is 36.5 Å². The predicted octanol–water partition coefficient (Wildman–Crippen LogP) is 0.841. The highest BCUT2D eigenvalue weighted by atomic mass is 16.7. The standard InChI is InChI=1S/C21H24O10.C20H38N4O6/c22-9-16-18(27)19(28)20(29)21(31-16)30-15-8-12(24)7-14(26)17(15)13(25)6-3-10-1-4-11(23)5-2-10;1-18(2)4-6-24-16-19(22-23-24)17-30-15-14-29-13-12-28-11-10-27-9-8-26-7-5-20(25)21-3/h1-2,4-5,7-8,16,18-24,26-29H,3,6,9H2;16,18H,4-15,17H2,1-3H3,(H,21,25)/t16-,18-,19+,20-,21-;/m1./s1. The number of ether oxygens (including phenoxy) is 7. The Balaban J connectivity index is 0.000000326. The van der Waals surface area contributed by atoms with E-state index in [9.17, 15) is 45.3 Å². The van der Waals surface area contributed by atoms with Gasteiger partial charge in [-0.1, -0.05) is 31.2 Å². The Labute approximate surface area is 354 Å². The van der Waals surface area contributed by atoms with Crippen molar-refractivity contribution in [2.45, 2.75) is 83.4 Å². The molecular weight excluding hydrogens is 804 g/mol. The highest BCUT2D eigenvalue weighted by Crippen LogP contribution is 2.36. The summed E-state index contributed by atoms with van der Waals surface area (Å²) in [5.74, 6) is -1.12. The summed E-state index contributed by atoms with van der Waals surface area (Å²) in [5.41, 5.74) is 1.33. The molecule has 8 N–H and O–H groups in total. The Morgan fingerprint density at radius 2 is 1.41 bits per heavy atom. The molecule has 5 atom stereocenters. The molecule has 0 bridgehead atoms. The summed E-state index contributed by atoms with van der Waals surface area (Å²) in [6, 6.07) is 8.23. The number of carbonyl (C=O) groups excluding carboxylic acids is 2. The van der Waals surface area contributed by atoms with Gasteiger partial charge in [0.25, 0.3) is 0 Å². The molecule has 3 aromatic rings. The van der Waals surface area contributed by atoms with Gasteiger partial charge in [0.2, 0.25) is 12.2 Å². The number of nitrogens with zero attached hydrogens (tertiary/aromatic N) is 3. The predicted molar refractivity (Wildman–Crippen MR) is 216 cm³/mol. The van der Waals surface area contributed by atoms with Crippen LogP contribution < -0.4 is 10.1 Å². The van der Waals surface area contributed by atoms with E-state index in [1.807, 2.05) is 10.9 Å². The van der Waals surface area contributed by atoms with Crippen LogP contribution in [0, 0.1) is 5.92 Å². The number of aromatic hydroxyl groups is 3. The summed E-state index contributed by atoms with van der Waals surface area (Å²) in [6.45, 7) is 9.42. The number of ketones is 1. The molecule has 342 valence electrons. The van der Waals surface area contributed by atoms with Gasteiger partial charge < -0.3 is 74.2 Å². The van der Waals surface area contributed by atoms with Crippen LogP contribution in [0.4, 0.5) is 0 Å². The van der Waals surface area contributed by atoms with Gasteiger partial charge in [-0.15, -0.1) is 5.10 Å². The number of rotatable bonds is 27. The van der Waals surface area contributed by atoms with E-state index < -0.39 is 54.6 Å². The lowest BCUT2D eigenvalue weighted by Crippen LogP contribution is -2.60. The van der Waals surface area contributed by atoms with Crippen LogP contribution in [0.5, 0.6) is 23.0 Å². The van der Waals surface area contributed by atoms with Gasteiger partial charge in [0.05, 0.1) is 78.9 Å². The van der Waals surface area contributed by atoms with E-state index in [-0.39, 0.29) is 29.4 Å². The first kappa shape index (κ1) is 50.9. The monoisotopic (exact) mass is 866 g/mol. The second kappa shape index (κ2) is 28.2. The maximum Gasteiger partial charge on any atom is 0.229 e. The van der Waals surface area contributed by atoms with Gasteiger partial charge >= 0.3 is 0 Å². The minimum atomic E-state index is -1.73. The molecule has 0 unspecified atom stereocenters. The second-order valence-electron chi connectivity index (χ2n) is 14.3. The molecule has 20 heteroatoms. The summed E-state index contributed by atoms with van der Waals surface area (Å²) in [5, 5.41) is 79.3. The topological polar surface area (TPSA) is 283 Å². The van der Waals surface area contributed by atoms with Crippen molar-refractivity contribution in [2.75, 3.05) is 73.1 Å². The molecule has 20 nitrogen and oxygen atoms in total. The summed E-state index contributed by atoms with van der Waals surface area (Å²) < 4.78 is 39.7. The number of Topliss-reactive ketones (excluding diaryl/α,β-unsaturated/α-hetero) is 1. The summed E-state index contributed by atoms with van der Waals surface area (Å²) >= 11 is 0. The number of phenolic OH excluding ortho intramolecular Hbond substituents is 3. The van der Waals surface area contributed by atoms with Crippen molar-refractivity contribution in [3.8, 4) is 23.0 Å². The van der Waals surface area contributed by atoms with E-state index in [2.05, 4.69) is 29.5 Å². The summed E-state index contributed by atoms with van der Waals surface area (Å²) in [4.78, 5) is 23.8. The third kappa shape index (κ3) is 19.0. The molecule has 4 rings (SSSR count). The average molecular weight is 867 g/mol. The summed E-state index contributed by atoms with van der Waals surface area (Å²) in [6.07, 6.45) is -4.24. The lowest BCUT2D eigenvalue weighted by Gasteiger charge is -2.39. The zero-order valence-electron chi connectivity index (χ0n) is 35.0. The van der Waals surface area contributed by atoms with Crippen molar-refractivity contribution in [3.05, 3.63) is 59.4 Å². The Morgan fingerprint density at radius 1 is 0.803 bits per heavy atom. The lowest BCUT2D eigenvalue weighted by atomic mass is 9.99. The third-order valence-corrected chi connectivity index (χ3v) is 9.03. The number of aliphatic hydroxyl groups is 4. The molecule has 1 aromatic heterocycles. The van der Waals surface area contributed by atoms with Crippen molar-refractivity contribution in [1.29, 1.82) is 0 Å². The van der Waals surface area contributed by atoms with E-state index in [0.29, 0.717) is 84.8 Å². The first-order valence-electron chi connectivity index (χ1n) is 20.1.